The molecule has 1 fully saturated rings. The van der Waals surface area contributed by atoms with Gasteiger partial charge in [0.05, 0.1) is 25.5 Å². The molecule has 2 aliphatic rings. The summed E-state index contributed by atoms with van der Waals surface area (Å²) in [5, 5.41) is 6.56. The van der Waals surface area contributed by atoms with E-state index in [9.17, 15) is 0 Å². The zero-order valence-corrected chi connectivity index (χ0v) is 18.8. The molecule has 0 bridgehead atoms. The Morgan fingerprint density at radius 3 is 2.52 bits per heavy atom. The Morgan fingerprint density at radius 1 is 0.939 bits per heavy atom. The van der Waals surface area contributed by atoms with Crippen LogP contribution in [-0.4, -0.2) is 55.3 Å². The standard InChI is InChI=1S/C26H30N6O/c1-2-5-20(6-3-1)7-4-8-23-19-24(31-26(30-23)32-15-17-33-18-16-32)21-9-11-22(12-10-21)29-25-27-13-14-28-25/h1-3,5-6,9-12,19H,4,7-8,13-18H2,(H2,27,28,29). The average molecular weight is 443 g/mol. The molecule has 2 aliphatic heterocycles. The Bertz CT molecular complexity index is 1080. The van der Waals surface area contributed by atoms with Gasteiger partial charge in [-0.05, 0) is 43.0 Å². The van der Waals surface area contributed by atoms with E-state index in [0.717, 1.165) is 93.2 Å². The number of anilines is 2. The van der Waals surface area contributed by atoms with E-state index in [1.807, 2.05) is 0 Å². The van der Waals surface area contributed by atoms with Crippen molar-refractivity contribution < 1.29 is 4.74 Å². The van der Waals surface area contributed by atoms with Gasteiger partial charge in [0.2, 0.25) is 5.95 Å². The quantitative estimate of drug-likeness (QED) is 0.583. The van der Waals surface area contributed by atoms with Crippen molar-refractivity contribution in [1.29, 1.82) is 0 Å². The normalized spacial score (nSPS) is 15.8. The fourth-order valence-electron chi connectivity index (χ4n) is 4.13. The van der Waals surface area contributed by atoms with E-state index in [4.69, 9.17) is 14.7 Å². The van der Waals surface area contributed by atoms with Crippen molar-refractivity contribution >= 4 is 17.6 Å². The van der Waals surface area contributed by atoms with Crippen molar-refractivity contribution in [2.75, 3.05) is 49.6 Å². The van der Waals surface area contributed by atoms with Gasteiger partial charge in [0.25, 0.3) is 0 Å². The van der Waals surface area contributed by atoms with Gasteiger partial charge in [-0.25, -0.2) is 9.97 Å². The number of aryl methyl sites for hydroxylation is 2. The van der Waals surface area contributed by atoms with Crippen molar-refractivity contribution in [1.82, 2.24) is 15.3 Å². The van der Waals surface area contributed by atoms with Gasteiger partial charge in [-0.2, -0.15) is 0 Å². The molecule has 0 aliphatic carbocycles. The molecule has 170 valence electrons. The maximum absolute atomic E-state index is 5.53. The van der Waals surface area contributed by atoms with E-state index in [0.29, 0.717) is 0 Å². The van der Waals surface area contributed by atoms with Crippen LogP contribution in [0.1, 0.15) is 17.7 Å². The number of nitrogens with one attached hydrogen (secondary N) is 2. The van der Waals surface area contributed by atoms with E-state index in [1.54, 1.807) is 0 Å². The number of guanidine groups is 1. The summed E-state index contributed by atoms with van der Waals surface area (Å²) in [5.74, 6) is 1.64. The molecular weight excluding hydrogens is 412 g/mol. The monoisotopic (exact) mass is 442 g/mol. The fraction of sp³-hybridized carbons (Fsp3) is 0.346. The molecule has 3 aromatic rings. The molecule has 0 unspecified atom stereocenters. The van der Waals surface area contributed by atoms with Crippen LogP contribution in [0.3, 0.4) is 0 Å². The minimum atomic E-state index is 0.717. The number of nitrogens with zero attached hydrogens (tertiary/aromatic N) is 4. The lowest BCUT2D eigenvalue weighted by atomic mass is 10.1. The molecule has 0 spiro atoms. The van der Waals surface area contributed by atoms with Crippen LogP contribution in [0.2, 0.25) is 0 Å². The van der Waals surface area contributed by atoms with Crippen LogP contribution in [0.4, 0.5) is 11.6 Å². The number of aromatic nitrogens is 2. The van der Waals surface area contributed by atoms with Gasteiger partial charge < -0.3 is 20.3 Å². The van der Waals surface area contributed by atoms with E-state index < -0.39 is 0 Å². The summed E-state index contributed by atoms with van der Waals surface area (Å²) in [5.41, 5.74) is 5.51. The fourth-order valence-corrected chi connectivity index (χ4v) is 4.13. The highest BCUT2D eigenvalue weighted by Crippen LogP contribution is 2.24. The van der Waals surface area contributed by atoms with Crippen molar-refractivity contribution in [2.45, 2.75) is 19.3 Å². The third kappa shape index (κ3) is 5.68. The molecule has 33 heavy (non-hydrogen) atoms. The Morgan fingerprint density at radius 2 is 1.76 bits per heavy atom. The van der Waals surface area contributed by atoms with Crippen molar-refractivity contribution in [3.63, 3.8) is 0 Å². The number of rotatable bonds is 7. The lowest BCUT2D eigenvalue weighted by Crippen LogP contribution is -2.37. The summed E-state index contributed by atoms with van der Waals surface area (Å²) in [6, 6.07) is 21.1. The van der Waals surface area contributed by atoms with E-state index in [2.05, 4.69) is 81.2 Å². The largest absolute Gasteiger partial charge is 0.378 e. The number of morpholine rings is 1. The summed E-state index contributed by atoms with van der Waals surface area (Å²) < 4.78 is 5.53. The molecule has 7 heteroatoms. The first-order valence-electron chi connectivity index (χ1n) is 11.7. The zero-order valence-electron chi connectivity index (χ0n) is 18.8. The highest BCUT2D eigenvalue weighted by molar-refractivity contribution is 5.94. The van der Waals surface area contributed by atoms with E-state index in [-0.39, 0.29) is 0 Å². The van der Waals surface area contributed by atoms with Gasteiger partial charge in [0, 0.05) is 36.6 Å². The molecule has 2 N–H and O–H groups in total. The molecule has 1 aromatic heterocycles. The van der Waals surface area contributed by atoms with E-state index in [1.165, 1.54) is 5.56 Å². The Balaban J connectivity index is 1.35. The number of hydrogen-bond acceptors (Lipinski definition) is 7. The number of aliphatic imine (C=N–C) groups is 1. The molecule has 3 heterocycles. The molecule has 1 saturated heterocycles. The van der Waals surface area contributed by atoms with Crippen LogP contribution in [0.25, 0.3) is 11.3 Å². The minimum absolute atomic E-state index is 0.717. The van der Waals surface area contributed by atoms with Gasteiger partial charge in [-0.3, -0.25) is 4.99 Å². The molecular formula is C26H30N6O. The van der Waals surface area contributed by atoms with Gasteiger partial charge in [-0.1, -0.05) is 42.5 Å². The third-order valence-electron chi connectivity index (χ3n) is 5.92. The Kier molecular flexibility index (Phi) is 6.77. The number of benzene rings is 2. The molecule has 5 rings (SSSR count). The smallest absolute Gasteiger partial charge is 0.226 e. The SMILES string of the molecule is c1ccc(CCCc2cc(-c3ccc(NC4=NCCN4)cc3)nc(N3CCOCC3)n2)cc1. The first kappa shape index (κ1) is 21.4. The van der Waals surface area contributed by atoms with Gasteiger partial charge in [0.15, 0.2) is 5.96 Å². The van der Waals surface area contributed by atoms with Crippen LogP contribution < -0.4 is 15.5 Å². The first-order chi connectivity index (χ1) is 16.3. The molecule has 7 nitrogen and oxygen atoms in total. The summed E-state index contributed by atoms with van der Waals surface area (Å²) in [6.45, 7) is 4.79. The van der Waals surface area contributed by atoms with Gasteiger partial charge in [-0.15, -0.1) is 0 Å². The van der Waals surface area contributed by atoms with Crippen LogP contribution in [0, 0.1) is 0 Å². The lowest BCUT2D eigenvalue weighted by molar-refractivity contribution is 0.122. The van der Waals surface area contributed by atoms with Crippen LogP contribution in [-0.2, 0) is 17.6 Å². The third-order valence-corrected chi connectivity index (χ3v) is 5.92. The highest BCUT2D eigenvalue weighted by Gasteiger charge is 2.16. The predicted molar refractivity (Wildman–Crippen MR) is 133 cm³/mol. The summed E-state index contributed by atoms with van der Waals surface area (Å²) in [7, 11) is 0. The van der Waals surface area contributed by atoms with Crippen LogP contribution in [0.15, 0.2) is 65.7 Å². The Hall–Kier alpha value is -3.45. The topological polar surface area (TPSA) is 74.7 Å². The van der Waals surface area contributed by atoms with Crippen LogP contribution >= 0.6 is 0 Å². The Labute approximate surface area is 194 Å². The average Bonchev–Trinajstić information content (AvgIpc) is 3.39. The van der Waals surface area contributed by atoms with E-state index >= 15 is 0 Å². The number of ether oxygens (including phenoxy) is 1. The molecule has 2 aromatic carbocycles. The van der Waals surface area contributed by atoms with Gasteiger partial charge >= 0.3 is 0 Å². The molecule has 0 saturated carbocycles. The van der Waals surface area contributed by atoms with Crippen molar-refractivity contribution in [2.24, 2.45) is 4.99 Å². The van der Waals surface area contributed by atoms with Crippen molar-refractivity contribution in [3.8, 4) is 11.3 Å². The maximum atomic E-state index is 5.53. The first-order valence-corrected chi connectivity index (χ1v) is 11.7. The lowest BCUT2D eigenvalue weighted by Gasteiger charge is -2.27. The second-order valence-electron chi connectivity index (χ2n) is 8.34. The summed E-state index contributed by atoms with van der Waals surface area (Å²) in [4.78, 5) is 16.5. The van der Waals surface area contributed by atoms with Crippen LogP contribution in [0.5, 0.6) is 0 Å². The highest BCUT2D eigenvalue weighted by atomic mass is 16.5. The minimum Gasteiger partial charge on any atom is -0.378 e. The molecule has 0 atom stereocenters. The predicted octanol–water partition coefficient (Wildman–Crippen LogP) is 3.53. The summed E-state index contributed by atoms with van der Waals surface area (Å²) >= 11 is 0. The van der Waals surface area contributed by atoms with Crippen molar-refractivity contribution in [3.05, 3.63) is 71.9 Å². The maximum Gasteiger partial charge on any atom is 0.226 e. The second-order valence-corrected chi connectivity index (χ2v) is 8.34. The van der Waals surface area contributed by atoms with Gasteiger partial charge in [0.1, 0.15) is 0 Å². The molecule has 0 amide bonds. The zero-order chi connectivity index (χ0) is 22.3. The summed E-state index contributed by atoms with van der Waals surface area (Å²) in [6.07, 6.45) is 3.03. The second kappa shape index (κ2) is 10.4. The molecule has 0 radical (unpaired) electrons. The number of hydrogen-bond donors (Lipinski definition) is 2.